The summed E-state index contributed by atoms with van der Waals surface area (Å²) < 4.78 is 0. The summed E-state index contributed by atoms with van der Waals surface area (Å²) in [6.07, 6.45) is 0.675. The highest BCUT2D eigenvalue weighted by Gasteiger charge is 2.14. The fraction of sp³-hybridized carbons (Fsp3) is 0.158. The molecule has 0 radical (unpaired) electrons. The molecule has 0 saturated carbocycles. The number of nitrogens with zero attached hydrogens (tertiary/aromatic N) is 1. The van der Waals surface area contributed by atoms with E-state index in [9.17, 15) is 4.79 Å². The molecule has 0 saturated heterocycles. The number of benzene rings is 2. The van der Waals surface area contributed by atoms with Gasteiger partial charge >= 0.3 is 0 Å². The van der Waals surface area contributed by atoms with Gasteiger partial charge in [0.1, 0.15) is 0 Å². The van der Waals surface area contributed by atoms with Crippen LogP contribution in [0.5, 0.6) is 0 Å². The molecule has 1 amide bonds. The van der Waals surface area contributed by atoms with E-state index in [2.05, 4.69) is 17.4 Å². The van der Waals surface area contributed by atoms with Gasteiger partial charge in [-0.1, -0.05) is 54.6 Å². The zero-order valence-electron chi connectivity index (χ0n) is 12.5. The number of carbonyl (C=O) groups excluding carboxylic acids is 1. The third kappa shape index (κ3) is 3.31. The van der Waals surface area contributed by atoms with Gasteiger partial charge in [0.15, 0.2) is 0 Å². The Morgan fingerprint density at radius 2 is 1.73 bits per heavy atom. The molecule has 0 aliphatic heterocycles. The van der Waals surface area contributed by atoms with Gasteiger partial charge in [-0.2, -0.15) is 0 Å². The molecule has 3 nitrogen and oxygen atoms in total. The summed E-state index contributed by atoms with van der Waals surface area (Å²) >= 11 is 0. The molecule has 2 aromatic carbocycles. The highest BCUT2D eigenvalue weighted by Crippen LogP contribution is 2.19. The van der Waals surface area contributed by atoms with Crippen LogP contribution in [0, 0.1) is 0 Å². The van der Waals surface area contributed by atoms with Crippen LogP contribution < -0.4 is 5.32 Å². The maximum Gasteiger partial charge on any atom is 0.217 e. The molecule has 110 valence electrons. The minimum absolute atomic E-state index is 0.0327. The average molecular weight is 290 g/mol. The Morgan fingerprint density at radius 1 is 1.00 bits per heavy atom. The summed E-state index contributed by atoms with van der Waals surface area (Å²) in [6.45, 7) is 1.55. The third-order valence-corrected chi connectivity index (χ3v) is 3.65. The van der Waals surface area contributed by atoms with Crippen molar-refractivity contribution in [2.24, 2.45) is 0 Å². The van der Waals surface area contributed by atoms with E-state index in [1.807, 2.05) is 54.6 Å². The van der Waals surface area contributed by atoms with Crippen LogP contribution in [0.1, 0.15) is 24.2 Å². The molecule has 0 aliphatic carbocycles. The monoisotopic (exact) mass is 290 g/mol. The number of aromatic nitrogens is 1. The van der Waals surface area contributed by atoms with Crippen molar-refractivity contribution in [2.75, 3.05) is 0 Å². The predicted molar refractivity (Wildman–Crippen MR) is 88.4 cm³/mol. The molecule has 3 heteroatoms. The molecular formula is C19H18N2O. The first-order valence-electron chi connectivity index (χ1n) is 7.39. The number of hydrogen-bond donors (Lipinski definition) is 1. The van der Waals surface area contributed by atoms with Crippen molar-refractivity contribution in [3.8, 4) is 0 Å². The smallest absolute Gasteiger partial charge is 0.217 e. The molecule has 1 N–H and O–H groups in total. The topological polar surface area (TPSA) is 42.0 Å². The predicted octanol–water partition coefficient (Wildman–Crippen LogP) is 3.65. The van der Waals surface area contributed by atoms with E-state index in [0.29, 0.717) is 6.42 Å². The molecule has 22 heavy (non-hydrogen) atoms. The van der Waals surface area contributed by atoms with Gasteiger partial charge in [-0.05, 0) is 17.7 Å². The van der Waals surface area contributed by atoms with Crippen LogP contribution >= 0.6 is 0 Å². The SMILES string of the molecule is CC(=O)N[C@@H](Cc1ccc2ccccc2n1)c1ccccc1. The lowest BCUT2D eigenvalue weighted by molar-refractivity contribution is -0.119. The van der Waals surface area contributed by atoms with Crippen molar-refractivity contribution in [1.29, 1.82) is 0 Å². The normalized spacial score (nSPS) is 12.0. The van der Waals surface area contributed by atoms with Crippen LogP contribution in [0.25, 0.3) is 10.9 Å². The van der Waals surface area contributed by atoms with Gasteiger partial charge in [0.25, 0.3) is 0 Å². The Hall–Kier alpha value is -2.68. The molecular weight excluding hydrogens is 272 g/mol. The quantitative estimate of drug-likeness (QED) is 0.797. The summed E-state index contributed by atoms with van der Waals surface area (Å²) in [4.78, 5) is 16.2. The Bertz CT molecular complexity index is 784. The van der Waals surface area contributed by atoms with Gasteiger partial charge < -0.3 is 5.32 Å². The Labute approximate surface area is 130 Å². The molecule has 3 aromatic rings. The number of nitrogens with one attached hydrogen (secondary N) is 1. The van der Waals surface area contributed by atoms with E-state index >= 15 is 0 Å². The maximum absolute atomic E-state index is 11.5. The highest BCUT2D eigenvalue weighted by atomic mass is 16.1. The third-order valence-electron chi connectivity index (χ3n) is 3.65. The minimum atomic E-state index is -0.0626. The van der Waals surface area contributed by atoms with Gasteiger partial charge in [0, 0.05) is 24.4 Å². The van der Waals surface area contributed by atoms with Gasteiger partial charge in [-0.15, -0.1) is 0 Å². The van der Waals surface area contributed by atoms with Crippen LogP contribution in [-0.2, 0) is 11.2 Å². The summed E-state index contributed by atoms with van der Waals surface area (Å²) in [5.41, 5.74) is 3.04. The number of para-hydroxylation sites is 1. The van der Waals surface area contributed by atoms with Crippen molar-refractivity contribution in [1.82, 2.24) is 10.3 Å². The zero-order valence-corrected chi connectivity index (χ0v) is 12.5. The van der Waals surface area contributed by atoms with Gasteiger partial charge in [-0.25, -0.2) is 0 Å². The molecule has 3 rings (SSSR count). The van der Waals surface area contributed by atoms with Gasteiger partial charge in [0.05, 0.1) is 11.6 Å². The van der Waals surface area contributed by atoms with Crippen molar-refractivity contribution < 1.29 is 4.79 Å². The minimum Gasteiger partial charge on any atom is -0.349 e. The van der Waals surface area contributed by atoms with E-state index in [0.717, 1.165) is 22.2 Å². The lowest BCUT2D eigenvalue weighted by Gasteiger charge is -2.18. The van der Waals surface area contributed by atoms with Gasteiger partial charge in [0.2, 0.25) is 5.91 Å². The Kier molecular flexibility index (Phi) is 4.15. The van der Waals surface area contributed by atoms with E-state index in [1.54, 1.807) is 6.92 Å². The van der Waals surface area contributed by atoms with Crippen molar-refractivity contribution >= 4 is 16.8 Å². The van der Waals surface area contributed by atoms with Crippen LogP contribution in [0.3, 0.4) is 0 Å². The van der Waals surface area contributed by atoms with Crippen molar-refractivity contribution in [3.63, 3.8) is 0 Å². The van der Waals surface area contributed by atoms with Gasteiger partial charge in [-0.3, -0.25) is 9.78 Å². The number of fused-ring (bicyclic) bond motifs is 1. The molecule has 0 spiro atoms. The first-order valence-corrected chi connectivity index (χ1v) is 7.39. The highest BCUT2D eigenvalue weighted by molar-refractivity contribution is 5.78. The number of hydrogen-bond acceptors (Lipinski definition) is 2. The lowest BCUT2D eigenvalue weighted by atomic mass is 10.0. The fourth-order valence-corrected chi connectivity index (χ4v) is 2.61. The standard InChI is InChI=1S/C19H18N2O/c1-14(22)20-19(15-7-3-2-4-8-15)13-17-12-11-16-9-5-6-10-18(16)21-17/h2-12,19H,13H2,1H3,(H,20,22)/t19-/m0/s1. The summed E-state index contributed by atoms with van der Waals surface area (Å²) in [7, 11) is 0. The molecule has 1 heterocycles. The Morgan fingerprint density at radius 3 is 2.50 bits per heavy atom. The number of amides is 1. The first-order chi connectivity index (χ1) is 10.7. The molecule has 0 bridgehead atoms. The number of rotatable bonds is 4. The van der Waals surface area contributed by atoms with Crippen molar-refractivity contribution in [3.05, 3.63) is 78.0 Å². The maximum atomic E-state index is 11.5. The molecule has 1 atom stereocenters. The second kappa shape index (κ2) is 6.39. The summed E-state index contributed by atoms with van der Waals surface area (Å²) in [5.74, 6) is -0.0327. The molecule has 0 unspecified atom stereocenters. The summed E-state index contributed by atoms with van der Waals surface area (Å²) in [6, 6.07) is 22.1. The second-order valence-corrected chi connectivity index (χ2v) is 5.36. The molecule has 1 aromatic heterocycles. The van der Waals surface area contributed by atoms with Crippen LogP contribution in [-0.4, -0.2) is 10.9 Å². The van der Waals surface area contributed by atoms with Crippen LogP contribution in [0.2, 0.25) is 0 Å². The summed E-state index contributed by atoms with van der Waals surface area (Å²) in [5, 5.41) is 4.14. The van der Waals surface area contributed by atoms with E-state index in [4.69, 9.17) is 4.98 Å². The second-order valence-electron chi connectivity index (χ2n) is 5.36. The van der Waals surface area contributed by atoms with E-state index in [-0.39, 0.29) is 11.9 Å². The first kappa shape index (κ1) is 14.3. The molecule has 0 aliphatic rings. The fourth-order valence-electron chi connectivity index (χ4n) is 2.61. The van der Waals surface area contributed by atoms with E-state index < -0.39 is 0 Å². The Balaban J connectivity index is 1.89. The van der Waals surface area contributed by atoms with Crippen LogP contribution in [0.4, 0.5) is 0 Å². The van der Waals surface area contributed by atoms with Crippen molar-refractivity contribution in [2.45, 2.75) is 19.4 Å². The number of pyridine rings is 1. The lowest BCUT2D eigenvalue weighted by Crippen LogP contribution is -2.27. The molecule has 0 fully saturated rings. The van der Waals surface area contributed by atoms with Crippen LogP contribution in [0.15, 0.2) is 66.7 Å². The zero-order chi connectivity index (χ0) is 15.4. The average Bonchev–Trinajstić information content (AvgIpc) is 2.54. The largest absolute Gasteiger partial charge is 0.349 e. The van der Waals surface area contributed by atoms with E-state index in [1.165, 1.54) is 0 Å². The number of carbonyl (C=O) groups is 1.